The molecule has 0 aromatic heterocycles. The molecule has 1 aliphatic heterocycles. The Labute approximate surface area is 85.9 Å². The third-order valence-corrected chi connectivity index (χ3v) is 3.03. The van der Waals surface area contributed by atoms with Gasteiger partial charge in [0.2, 0.25) is 0 Å². The highest BCUT2D eigenvalue weighted by atomic mass is 15.5. The van der Waals surface area contributed by atoms with Gasteiger partial charge in [0.1, 0.15) is 0 Å². The first kappa shape index (κ1) is 9.69. The topological polar surface area (TPSA) is 15.3 Å². The minimum Gasteiger partial charge on any atom is -0.258 e. The first-order valence-electron chi connectivity index (χ1n) is 5.28. The van der Waals surface area contributed by atoms with Gasteiger partial charge in [-0.05, 0) is 37.4 Å². The van der Waals surface area contributed by atoms with E-state index in [1.807, 2.05) is 19.2 Å². The molecule has 0 bridgehead atoms. The van der Waals surface area contributed by atoms with Gasteiger partial charge in [-0.15, -0.1) is 0 Å². The Morgan fingerprint density at radius 1 is 1.29 bits per heavy atom. The van der Waals surface area contributed by atoms with Gasteiger partial charge < -0.3 is 0 Å². The molecule has 0 unspecified atom stereocenters. The number of hydrazine groups is 1. The largest absolute Gasteiger partial charge is 0.258 e. The second-order valence-corrected chi connectivity index (χ2v) is 3.82. The number of nitrogens with one attached hydrogen (secondary N) is 1. The SMILES string of the molecule is CNN1CCC(c2cc[c]cc2)CC1. The lowest BCUT2D eigenvalue weighted by Gasteiger charge is -2.31. The smallest absolute Gasteiger partial charge is 0.0136 e. The average molecular weight is 189 g/mol. The zero-order valence-corrected chi connectivity index (χ0v) is 8.66. The van der Waals surface area contributed by atoms with Gasteiger partial charge in [0.25, 0.3) is 0 Å². The quantitative estimate of drug-likeness (QED) is 0.763. The molecule has 2 rings (SSSR count). The molecule has 1 saturated heterocycles. The van der Waals surface area contributed by atoms with E-state index in [1.54, 1.807) is 0 Å². The van der Waals surface area contributed by atoms with Gasteiger partial charge in [-0.3, -0.25) is 5.43 Å². The molecule has 0 amide bonds. The maximum absolute atomic E-state index is 3.20. The van der Waals surface area contributed by atoms with Gasteiger partial charge in [-0.1, -0.05) is 24.3 Å². The summed E-state index contributed by atoms with van der Waals surface area (Å²) < 4.78 is 0. The van der Waals surface area contributed by atoms with Crippen LogP contribution in [0.3, 0.4) is 0 Å². The van der Waals surface area contributed by atoms with E-state index in [4.69, 9.17) is 0 Å². The molecule has 1 aliphatic rings. The van der Waals surface area contributed by atoms with E-state index in [0.717, 1.165) is 19.0 Å². The molecule has 1 N–H and O–H groups in total. The summed E-state index contributed by atoms with van der Waals surface area (Å²) in [6, 6.07) is 11.5. The molecule has 1 fully saturated rings. The van der Waals surface area contributed by atoms with Crippen LogP contribution < -0.4 is 5.43 Å². The van der Waals surface area contributed by atoms with E-state index in [1.165, 1.54) is 18.4 Å². The van der Waals surface area contributed by atoms with Gasteiger partial charge >= 0.3 is 0 Å². The third kappa shape index (κ3) is 2.14. The molecule has 75 valence electrons. The lowest BCUT2D eigenvalue weighted by Crippen LogP contribution is -2.40. The van der Waals surface area contributed by atoms with Gasteiger partial charge in [0, 0.05) is 13.1 Å². The fraction of sp³-hybridized carbons (Fsp3) is 0.500. The van der Waals surface area contributed by atoms with E-state index in [9.17, 15) is 0 Å². The Hall–Kier alpha value is -0.860. The monoisotopic (exact) mass is 189 g/mol. The van der Waals surface area contributed by atoms with Crippen LogP contribution in [0.2, 0.25) is 0 Å². The zero-order chi connectivity index (χ0) is 9.80. The van der Waals surface area contributed by atoms with Crippen LogP contribution in [0.15, 0.2) is 24.3 Å². The van der Waals surface area contributed by atoms with Crippen LogP contribution in [0.5, 0.6) is 0 Å². The van der Waals surface area contributed by atoms with Crippen molar-refractivity contribution in [3.05, 3.63) is 35.9 Å². The number of piperidine rings is 1. The Morgan fingerprint density at radius 3 is 2.50 bits per heavy atom. The molecule has 0 saturated carbocycles. The number of nitrogens with zero attached hydrogens (tertiary/aromatic N) is 1. The van der Waals surface area contributed by atoms with Crippen molar-refractivity contribution < 1.29 is 0 Å². The molecule has 0 aliphatic carbocycles. The van der Waals surface area contributed by atoms with Crippen LogP contribution >= 0.6 is 0 Å². The van der Waals surface area contributed by atoms with Crippen LogP contribution in [-0.4, -0.2) is 25.1 Å². The summed E-state index contributed by atoms with van der Waals surface area (Å²) in [6.45, 7) is 2.31. The summed E-state index contributed by atoms with van der Waals surface area (Å²) in [4.78, 5) is 0. The fourth-order valence-corrected chi connectivity index (χ4v) is 2.11. The second-order valence-electron chi connectivity index (χ2n) is 3.82. The summed E-state index contributed by atoms with van der Waals surface area (Å²) >= 11 is 0. The molecule has 1 radical (unpaired) electrons. The molecule has 0 atom stereocenters. The highest BCUT2D eigenvalue weighted by Gasteiger charge is 2.18. The summed E-state index contributed by atoms with van der Waals surface area (Å²) in [5, 5.41) is 2.28. The fourth-order valence-electron chi connectivity index (χ4n) is 2.11. The number of rotatable bonds is 2. The van der Waals surface area contributed by atoms with Crippen molar-refractivity contribution in [3.8, 4) is 0 Å². The van der Waals surface area contributed by atoms with Crippen LogP contribution in [0.25, 0.3) is 0 Å². The predicted octanol–water partition coefficient (Wildman–Crippen LogP) is 1.80. The van der Waals surface area contributed by atoms with Crippen LogP contribution in [-0.2, 0) is 0 Å². The summed E-state index contributed by atoms with van der Waals surface area (Å²) in [6.07, 6.45) is 2.51. The van der Waals surface area contributed by atoms with Gasteiger partial charge in [-0.25, -0.2) is 5.01 Å². The maximum atomic E-state index is 3.20. The van der Waals surface area contributed by atoms with E-state index < -0.39 is 0 Å². The third-order valence-electron chi connectivity index (χ3n) is 3.03. The molecule has 2 heteroatoms. The van der Waals surface area contributed by atoms with Gasteiger partial charge in [-0.2, -0.15) is 0 Å². The Morgan fingerprint density at radius 2 is 1.93 bits per heavy atom. The van der Waals surface area contributed by atoms with Crippen LogP contribution in [0.4, 0.5) is 0 Å². The standard InChI is InChI=1S/C12H17N2/c1-13-14-9-7-12(8-10-14)11-5-3-2-4-6-11/h3-6,12-13H,7-10H2,1H3. The van der Waals surface area contributed by atoms with Gasteiger partial charge in [0.05, 0.1) is 0 Å². The predicted molar refractivity (Wildman–Crippen MR) is 57.9 cm³/mol. The Kier molecular flexibility index (Phi) is 3.17. The van der Waals surface area contributed by atoms with Crippen molar-refractivity contribution in [1.82, 2.24) is 10.4 Å². The van der Waals surface area contributed by atoms with Crippen LogP contribution in [0.1, 0.15) is 24.3 Å². The molecule has 2 nitrogen and oxygen atoms in total. The van der Waals surface area contributed by atoms with Crippen molar-refractivity contribution in [2.24, 2.45) is 0 Å². The lowest BCUT2D eigenvalue weighted by atomic mass is 9.90. The molecule has 1 aromatic rings. The summed E-state index contributed by atoms with van der Waals surface area (Å²) in [7, 11) is 2.00. The first-order valence-corrected chi connectivity index (χ1v) is 5.28. The first-order chi connectivity index (χ1) is 6.90. The summed E-state index contributed by atoms with van der Waals surface area (Å²) in [5.74, 6) is 0.745. The number of hydrogen-bond donors (Lipinski definition) is 1. The zero-order valence-electron chi connectivity index (χ0n) is 8.66. The molecule has 1 heterocycles. The van der Waals surface area contributed by atoms with Crippen molar-refractivity contribution in [2.45, 2.75) is 18.8 Å². The number of benzene rings is 1. The van der Waals surface area contributed by atoms with Crippen molar-refractivity contribution in [2.75, 3.05) is 20.1 Å². The van der Waals surface area contributed by atoms with E-state index in [-0.39, 0.29) is 0 Å². The summed E-state index contributed by atoms with van der Waals surface area (Å²) in [5.41, 5.74) is 4.67. The highest BCUT2D eigenvalue weighted by Crippen LogP contribution is 2.26. The van der Waals surface area contributed by atoms with E-state index in [2.05, 4.69) is 28.6 Å². The van der Waals surface area contributed by atoms with Crippen molar-refractivity contribution in [1.29, 1.82) is 0 Å². The molecular weight excluding hydrogens is 172 g/mol. The van der Waals surface area contributed by atoms with Crippen molar-refractivity contribution in [3.63, 3.8) is 0 Å². The normalized spacial score (nSPS) is 19.8. The minimum atomic E-state index is 0.745. The molecular formula is C12H17N2. The van der Waals surface area contributed by atoms with Crippen molar-refractivity contribution >= 4 is 0 Å². The molecule has 14 heavy (non-hydrogen) atoms. The van der Waals surface area contributed by atoms with E-state index >= 15 is 0 Å². The molecule has 1 aromatic carbocycles. The maximum Gasteiger partial charge on any atom is 0.0136 e. The molecule has 0 spiro atoms. The number of hydrogen-bond acceptors (Lipinski definition) is 2. The highest BCUT2D eigenvalue weighted by molar-refractivity contribution is 5.19. The second kappa shape index (κ2) is 4.58. The van der Waals surface area contributed by atoms with Crippen LogP contribution in [0, 0.1) is 6.07 Å². The van der Waals surface area contributed by atoms with Gasteiger partial charge in [0.15, 0.2) is 0 Å². The average Bonchev–Trinajstić information content (AvgIpc) is 2.30. The Balaban J connectivity index is 1.96. The van der Waals surface area contributed by atoms with E-state index in [0.29, 0.717) is 0 Å². The Bertz CT molecular complexity index is 263. The minimum absolute atomic E-state index is 0.745. The lowest BCUT2D eigenvalue weighted by molar-refractivity contribution is 0.159.